The predicted molar refractivity (Wildman–Crippen MR) is 71.7 cm³/mol. The first-order valence-electron chi connectivity index (χ1n) is 6.78. The van der Waals surface area contributed by atoms with Crippen LogP contribution in [0, 0.1) is 0 Å². The maximum absolute atomic E-state index is 11.9. The molecule has 1 atom stereocenters. The Labute approximate surface area is 108 Å². The summed E-state index contributed by atoms with van der Waals surface area (Å²) < 4.78 is 0. The van der Waals surface area contributed by atoms with Crippen LogP contribution in [0.3, 0.4) is 0 Å². The third-order valence-electron chi connectivity index (χ3n) is 3.58. The topological polar surface area (TPSA) is 49.3 Å². The molecule has 1 aromatic carbocycles. The van der Waals surface area contributed by atoms with Crippen LogP contribution in [0.1, 0.15) is 47.7 Å². The Balaban J connectivity index is 2.02. The van der Waals surface area contributed by atoms with E-state index in [0.29, 0.717) is 18.5 Å². The number of aryl methyl sites for hydroxylation is 2. The number of carbonyl (C=O) groups is 1. The Hall–Kier alpha value is -1.35. The lowest BCUT2D eigenvalue weighted by molar-refractivity contribution is 0.0914. The minimum absolute atomic E-state index is 0.0872. The molecular weight excluding hydrogens is 226 g/mol. The molecule has 0 saturated carbocycles. The fraction of sp³-hybridized carbons (Fsp3) is 0.533. The van der Waals surface area contributed by atoms with Gasteiger partial charge < -0.3 is 10.4 Å². The molecule has 1 amide bonds. The second-order valence-electron chi connectivity index (χ2n) is 4.96. The van der Waals surface area contributed by atoms with Crippen molar-refractivity contribution in [1.82, 2.24) is 5.32 Å². The number of aliphatic hydroxyl groups excluding tert-OH is 1. The molecule has 1 aromatic rings. The molecule has 0 aromatic heterocycles. The molecular formula is C15H21NO2. The van der Waals surface area contributed by atoms with E-state index in [9.17, 15) is 9.90 Å². The Morgan fingerprint density at radius 1 is 1.33 bits per heavy atom. The van der Waals surface area contributed by atoms with Gasteiger partial charge in [-0.25, -0.2) is 0 Å². The van der Waals surface area contributed by atoms with Crippen molar-refractivity contribution >= 4 is 5.91 Å². The number of aliphatic hydroxyl groups is 1. The van der Waals surface area contributed by atoms with Crippen molar-refractivity contribution in [2.24, 2.45) is 0 Å². The quantitative estimate of drug-likeness (QED) is 0.855. The summed E-state index contributed by atoms with van der Waals surface area (Å²) in [5, 5.41) is 12.2. The summed E-state index contributed by atoms with van der Waals surface area (Å²) in [7, 11) is 0. The number of amides is 1. The third kappa shape index (κ3) is 3.10. The molecule has 2 N–H and O–H groups in total. The monoisotopic (exact) mass is 247 g/mol. The number of fused-ring (bicyclic) bond motifs is 1. The van der Waals surface area contributed by atoms with Crippen LogP contribution in [-0.2, 0) is 12.8 Å². The van der Waals surface area contributed by atoms with Crippen molar-refractivity contribution < 1.29 is 9.90 Å². The predicted octanol–water partition coefficient (Wildman–Crippen LogP) is 2.07. The molecule has 98 valence electrons. The Bertz CT molecular complexity index is 429. The summed E-state index contributed by atoms with van der Waals surface area (Å²) in [6.07, 6.45) is 4.88. The van der Waals surface area contributed by atoms with Gasteiger partial charge in [0.1, 0.15) is 0 Å². The van der Waals surface area contributed by atoms with Crippen molar-refractivity contribution in [3.63, 3.8) is 0 Å². The van der Waals surface area contributed by atoms with Crippen LogP contribution < -0.4 is 5.32 Å². The van der Waals surface area contributed by atoms with Gasteiger partial charge in [-0.1, -0.05) is 13.0 Å². The van der Waals surface area contributed by atoms with Gasteiger partial charge >= 0.3 is 0 Å². The lowest BCUT2D eigenvalue weighted by atomic mass is 9.90. The highest BCUT2D eigenvalue weighted by molar-refractivity contribution is 5.94. The van der Waals surface area contributed by atoms with E-state index in [1.807, 2.05) is 19.1 Å². The van der Waals surface area contributed by atoms with Crippen LogP contribution >= 0.6 is 0 Å². The van der Waals surface area contributed by atoms with Gasteiger partial charge in [-0.15, -0.1) is 0 Å². The highest BCUT2D eigenvalue weighted by atomic mass is 16.3. The number of hydrogen-bond donors (Lipinski definition) is 2. The summed E-state index contributed by atoms with van der Waals surface area (Å²) in [6, 6.07) is 5.96. The van der Waals surface area contributed by atoms with E-state index in [1.165, 1.54) is 24.0 Å². The van der Waals surface area contributed by atoms with Crippen LogP contribution in [0.4, 0.5) is 0 Å². The van der Waals surface area contributed by atoms with E-state index in [1.54, 1.807) is 0 Å². The highest BCUT2D eigenvalue weighted by Crippen LogP contribution is 2.22. The van der Waals surface area contributed by atoms with E-state index in [2.05, 4.69) is 11.4 Å². The van der Waals surface area contributed by atoms with Gasteiger partial charge in [-0.2, -0.15) is 0 Å². The zero-order valence-electron chi connectivity index (χ0n) is 10.9. The van der Waals surface area contributed by atoms with Crippen molar-refractivity contribution in [1.29, 1.82) is 0 Å². The van der Waals surface area contributed by atoms with E-state index in [-0.39, 0.29) is 5.91 Å². The number of benzene rings is 1. The SMILES string of the molecule is CCC(O)CNC(=O)c1ccc2c(c1)CCCC2. The summed E-state index contributed by atoms with van der Waals surface area (Å²) in [6.45, 7) is 2.22. The fourth-order valence-electron chi connectivity index (χ4n) is 2.33. The van der Waals surface area contributed by atoms with Crippen molar-refractivity contribution in [3.05, 3.63) is 34.9 Å². The highest BCUT2D eigenvalue weighted by Gasteiger charge is 2.13. The lowest BCUT2D eigenvalue weighted by Crippen LogP contribution is -2.31. The molecule has 0 heterocycles. The van der Waals surface area contributed by atoms with Crippen molar-refractivity contribution in [2.45, 2.75) is 45.1 Å². The van der Waals surface area contributed by atoms with E-state index < -0.39 is 6.10 Å². The molecule has 3 nitrogen and oxygen atoms in total. The summed E-state index contributed by atoms with van der Waals surface area (Å²) in [5.74, 6) is -0.0872. The van der Waals surface area contributed by atoms with Crippen LogP contribution in [0.5, 0.6) is 0 Å². The van der Waals surface area contributed by atoms with Gasteiger partial charge in [-0.05, 0) is 55.4 Å². The molecule has 18 heavy (non-hydrogen) atoms. The maximum atomic E-state index is 11.9. The van der Waals surface area contributed by atoms with Crippen LogP contribution in [0.15, 0.2) is 18.2 Å². The molecule has 1 unspecified atom stereocenters. The minimum Gasteiger partial charge on any atom is -0.391 e. The molecule has 1 aliphatic carbocycles. The zero-order chi connectivity index (χ0) is 13.0. The zero-order valence-corrected chi connectivity index (χ0v) is 10.9. The second-order valence-corrected chi connectivity index (χ2v) is 4.96. The van der Waals surface area contributed by atoms with Crippen LogP contribution in [0.2, 0.25) is 0 Å². The molecule has 2 rings (SSSR count). The summed E-state index contributed by atoms with van der Waals surface area (Å²) in [5.41, 5.74) is 3.40. The van der Waals surface area contributed by atoms with Gasteiger partial charge in [-0.3, -0.25) is 4.79 Å². The van der Waals surface area contributed by atoms with Crippen LogP contribution in [-0.4, -0.2) is 23.7 Å². The van der Waals surface area contributed by atoms with Crippen LogP contribution in [0.25, 0.3) is 0 Å². The Kier molecular flexibility index (Phi) is 4.37. The molecule has 0 aliphatic heterocycles. The normalized spacial score (nSPS) is 15.9. The lowest BCUT2D eigenvalue weighted by Gasteiger charge is -2.16. The standard InChI is InChI=1S/C15H21NO2/c1-2-14(17)10-16-15(18)13-8-7-11-5-3-4-6-12(11)9-13/h7-9,14,17H,2-6,10H2,1H3,(H,16,18). The first-order valence-corrected chi connectivity index (χ1v) is 6.78. The van der Waals surface area contributed by atoms with Gasteiger partial charge in [0.25, 0.3) is 5.91 Å². The van der Waals surface area contributed by atoms with Crippen molar-refractivity contribution in [2.75, 3.05) is 6.54 Å². The van der Waals surface area contributed by atoms with Crippen molar-refractivity contribution in [3.8, 4) is 0 Å². The molecule has 0 spiro atoms. The van der Waals surface area contributed by atoms with Gasteiger partial charge in [0, 0.05) is 12.1 Å². The second kappa shape index (κ2) is 6.01. The van der Waals surface area contributed by atoms with Gasteiger partial charge in [0.05, 0.1) is 6.10 Å². The van der Waals surface area contributed by atoms with E-state index in [4.69, 9.17) is 0 Å². The average Bonchev–Trinajstić information content (AvgIpc) is 2.43. The minimum atomic E-state index is -0.452. The first-order chi connectivity index (χ1) is 8.70. The van der Waals surface area contributed by atoms with E-state index >= 15 is 0 Å². The average molecular weight is 247 g/mol. The first kappa shape index (κ1) is 13.1. The molecule has 1 aliphatic rings. The number of hydrogen-bond acceptors (Lipinski definition) is 2. The maximum Gasteiger partial charge on any atom is 0.251 e. The summed E-state index contributed by atoms with van der Waals surface area (Å²) in [4.78, 5) is 11.9. The molecule has 0 radical (unpaired) electrons. The summed E-state index contributed by atoms with van der Waals surface area (Å²) >= 11 is 0. The molecule has 0 bridgehead atoms. The molecule has 0 fully saturated rings. The number of carbonyl (C=O) groups excluding carboxylic acids is 1. The fourth-order valence-corrected chi connectivity index (χ4v) is 2.33. The van der Waals surface area contributed by atoms with E-state index in [0.717, 1.165) is 12.8 Å². The Morgan fingerprint density at radius 3 is 2.78 bits per heavy atom. The largest absolute Gasteiger partial charge is 0.391 e. The Morgan fingerprint density at radius 2 is 2.06 bits per heavy atom. The molecule has 3 heteroatoms. The molecule has 0 saturated heterocycles. The van der Waals surface area contributed by atoms with Gasteiger partial charge in [0.15, 0.2) is 0 Å². The smallest absolute Gasteiger partial charge is 0.251 e. The number of nitrogens with one attached hydrogen (secondary N) is 1. The van der Waals surface area contributed by atoms with Gasteiger partial charge in [0.2, 0.25) is 0 Å². The number of rotatable bonds is 4. The third-order valence-corrected chi connectivity index (χ3v) is 3.58.